The van der Waals surface area contributed by atoms with Crippen molar-refractivity contribution in [2.45, 2.75) is 32.0 Å². The Labute approximate surface area is 147 Å². The lowest BCUT2D eigenvalue weighted by atomic mass is 9.91. The molecule has 0 saturated carbocycles. The largest absolute Gasteiger partial charge is 0.508 e. The highest BCUT2D eigenvalue weighted by molar-refractivity contribution is 7.10. The molecular weight excluding hydrogens is 320 g/mol. The van der Waals surface area contributed by atoms with Crippen molar-refractivity contribution in [3.8, 4) is 5.75 Å². The summed E-state index contributed by atoms with van der Waals surface area (Å²) < 4.78 is 0. The van der Waals surface area contributed by atoms with Gasteiger partial charge in [-0.25, -0.2) is 0 Å². The van der Waals surface area contributed by atoms with Crippen LogP contribution in [0.1, 0.15) is 36.3 Å². The van der Waals surface area contributed by atoms with Gasteiger partial charge in [0.05, 0.1) is 12.2 Å². The molecule has 2 aromatic rings. The first-order chi connectivity index (χ1) is 11.5. The summed E-state index contributed by atoms with van der Waals surface area (Å²) in [7, 11) is 0. The fraction of sp³-hybridized carbons (Fsp3) is 0.300. The van der Waals surface area contributed by atoms with Crippen molar-refractivity contribution in [2.75, 3.05) is 0 Å². The van der Waals surface area contributed by atoms with Crippen molar-refractivity contribution < 1.29 is 15.3 Å². The van der Waals surface area contributed by atoms with E-state index in [4.69, 9.17) is 0 Å². The molecule has 0 aliphatic carbocycles. The van der Waals surface area contributed by atoms with Gasteiger partial charge in [-0.3, -0.25) is 0 Å². The van der Waals surface area contributed by atoms with E-state index in [1.54, 1.807) is 18.2 Å². The minimum absolute atomic E-state index is 0.247. The van der Waals surface area contributed by atoms with E-state index in [1.165, 1.54) is 11.3 Å². The lowest BCUT2D eigenvalue weighted by Crippen LogP contribution is -2.24. The van der Waals surface area contributed by atoms with Gasteiger partial charge in [0.25, 0.3) is 0 Å². The van der Waals surface area contributed by atoms with E-state index in [-0.39, 0.29) is 11.7 Å². The van der Waals surface area contributed by atoms with Crippen molar-refractivity contribution in [2.24, 2.45) is 5.92 Å². The molecule has 0 saturated heterocycles. The number of rotatable bonds is 8. The monoisotopic (exact) mass is 344 g/mol. The minimum Gasteiger partial charge on any atom is -0.508 e. The zero-order valence-corrected chi connectivity index (χ0v) is 14.6. The molecule has 1 aromatic carbocycles. The van der Waals surface area contributed by atoms with Gasteiger partial charge in [0.2, 0.25) is 0 Å². The molecule has 0 radical (unpaired) electrons. The highest BCUT2D eigenvalue weighted by Crippen LogP contribution is 2.31. The summed E-state index contributed by atoms with van der Waals surface area (Å²) in [5, 5.41) is 32.1. The molecule has 0 aliphatic rings. The molecule has 0 unspecified atom stereocenters. The molecule has 128 valence electrons. The number of aliphatic hydroxyl groups excluding tert-OH is 2. The fourth-order valence-corrected chi connectivity index (χ4v) is 3.41. The standard InChI is InChI=1S/C20H24O3S/c1-3-17(20(23)19-5-4-12-24-19)18(22)11-6-14(2)13-15-7-9-16(21)10-8-15/h3-5,7-10,12-13,17-18,20-23H,1,6,11H2,2H3/b14-13+/t17-,18-,20+/m1/s1. The Bertz CT molecular complexity index is 659. The summed E-state index contributed by atoms with van der Waals surface area (Å²) >= 11 is 1.48. The van der Waals surface area contributed by atoms with Crippen LogP contribution in [0.15, 0.2) is 60.0 Å². The van der Waals surface area contributed by atoms with Gasteiger partial charge in [-0.15, -0.1) is 17.9 Å². The van der Waals surface area contributed by atoms with Gasteiger partial charge in [0, 0.05) is 10.8 Å². The molecule has 2 rings (SSSR count). The molecular formula is C20H24O3S. The highest BCUT2D eigenvalue weighted by atomic mass is 32.1. The predicted molar refractivity (Wildman–Crippen MR) is 100.0 cm³/mol. The van der Waals surface area contributed by atoms with E-state index in [0.717, 1.165) is 22.4 Å². The average Bonchev–Trinajstić information content (AvgIpc) is 3.10. The second-order valence-corrected chi connectivity index (χ2v) is 6.94. The number of benzene rings is 1. The summed E-state index contributed by atoms with van der Waals surface area (Å²) in [6.07, 6.45) is 3.57. The first-order valence-corrected chi connectivity index (χ1v) is 8.87. The number of thiophene rings is 1. The zero-order chi connectivity index (χ0) is 17.5. The summed E-state index contributed by atoms with van der Waals surface area (Å²) in [4.78, 5) is 0.843. The molecule has 0 amide bonds. The van der Waals surface area contributed by atoms with Gasteiger partial charge in [-0.2, -0.15) is 0 Å². The van der Waals surface area contributed by atoms with Crippen LogP contribution in [0.25, 0.3) is 6.08 Å². The Morgan fingerprint density at radius 2 is 1.92 bits per heavy atom. The van der Waals surface area contributed by atoms with Crippen LogP contribution in [0.5, 0.6) is 5.75 Å². The second-order valence-electron chi connectivity index (χ2n) is 5.96. The highest BCUT2D eigenvalue weighted by Gasteiger charge is 2.25. The molecule has 0 aliphatic heterocycles. The molecule has 0 fully saturated rings. The minimum atomic E-state index is -0.723. The van der Waals surface area contributed by atoms with Crippen molar-refractivity contribution in [3.05, 3.63) is 70.4 Å². The maximum Gasteiger partial charge on any atom is 0.115 e. The van der Waals surface area contributed by atoms with E-state index in [2.05, 4.69) is 6.58 Å². The number of allylic oxidation sites excluding steroid dienone is 1. The molecule has 3 nitrogen and oxygen atoms in total. The molecule has 1 aromatic heterocycles. The van der Waals surface area contributed by atoms with Crippen LogP contribution in [-0.4, -0.2) is 21.4 Å². The second kappa shape index (κ2) is 8.83. The average molecular weight is 344 g/mol. The van der Waals surface area contributed by atoms with Crippen LogP contribution in [0, 0.1) is 5.92 Å². The van der Waals surface area contributed by atoms with Gasteiger partial charge < -0.3 is 15.3 Å². The lowest BCUT2D eigenvalue weighted by molar-refractivity contribution is 0.0337. The van der Waals surface area contributed by atoms with E-state index in [0.29, 0.717) is 6.42 Å². The quantitative estimate of drug-likeness (QED) is 0.616. The number of phenolic OH excluding ortho intramolecular Hbond substituents is 1. The molecule has 0 spiro atoms. The van der Waals surface area contributed by atoms with Crippen LogP contribution < -0.4 is 0 Å². The Morgan fingerprint density at radius 3 is 2.50 bits per heavy atom. The van der Waals surface area contributed by atoms with Crippen LogP contribution in [-0.2, 0) is 0 Å². The first-order valence-electron chi connectivity index (χ1n) is 7.99. The van der Waals surface area contributed by atoms with Crippen LogP contribution in [0.3, 0.4) is 0 Å². The number of hydrogen-bond donors (Lipinski definition) is 3. The predicted octanol–water partition coefficient (Wildman–Crippen LogP) is 4.53. The van der Waals surface area contributed by atoms with Gasteiger partial charge in [0.1, 0.15) is 5.75 Å². The fourth-order valence-electron chi connectivity index (χ4n) is 2.64. The first kappa shape index (κ1) is 18.5. The maximum absolute atomic E-state index is 10.4. The Hall–Kier alpha value is -1.88. The number of phenols is 1. The molecule has 1 heterocycles. The van der Waals surface area contributed by atoms with E-state index in [9.17, 15) is 15.3 Å². The Kier molecular flexibility index (Phi) is 6.79. The van der Waals surface area contributed by atoms with Crippen LogP contribution in [0.2, 0.25) is 0 Å². The van der Waals surface area contributed by atoms with Crippen molar-refractivity contribution in [1.29, 1.82) is 0 Å². The third-order valence-corrected chi connectivity index (χ3v) is 5.00. The van der Waals surface area contributed by atoms with Gasteiger partial charge in [-0.1, -0.05) is 35.9 Å². The molecule has 24 heavy (non-hydrogen) atoms. The van der Waals surface area contributed by atoms with Crippen molar-refractivity contribution >= 4 is 17.4 Å². The van der Waals surface area contributed by atoms with Crippen LogP contribution in [0.4, 0.5) is 0 Å². The van der Waals surface area contributed by atoms with Gasteiger partial charge in [0.15, 0.2) is 0 Å². The smallest absolute Gasteiger partial charge is 0.115 e. The van der Waals surface area contributed by atoms with E-state index in [1.807, 2.05) is 42.6 Å². The van der Waals surface area contributed by atoms with Gasteiger partial charge in [-0.05, 0) is 48.9 Å². The number of aliphatic hydroxyl groups is 2. The molecule has 3 atom stereocenters. The van der Waals surface area contributed by atoms with Crippen LogP contribution >= 0.6 is 11.3 Å². The van der Waals surface area contributed by atoms with Crippen molar-refractivity contribution in [3.63, 3.8) is 0 Å². The molecule has 4 heteroatoms. The Morgan fingerprint density at radius 1 is 1.21 bits per heavy atom. The van der Waals surface area contributed by atoms with Gasteiger partial charge >= 0.3 is 0 Å². The number of hydrogen-bond acceptors (Lipinski definition) is 4. The normalized spacial score (nSPS) is 15.7. The number of aromatic hydroxyl groups is 1. The third kappa shape index (κ3) is 5.06. The summed E-state index contributed by atoms with van der Waals surface area (Å²) in [5.74, 6) is -0.137. The maximum atomic E-state index is 10.4. The molecule has 0 bridgehead atoms. The topological polar surface area (TPSA) is 60.7 Å². The summed E-state index contributed by atoms with van der Waals surface area (Å²) in [6, 6.07) is 10.8. The van der Waals surface area contributed by atoms with E-state index < -0.39 is 12.2 Å². The Balaban J connectivity index is 1.94. The van der Waals surface area contributed by atoms with Crippen molar-refractivity contribution in [1.82, 2.24) is 0 Å². The van der Waals surface area contributed by atoms with E-state index >= 15 is 0 Å². The summed E-state index contributed by atoms with van der Waals surface area (Å²) in [5.41, 5.74) is 2.15. The zero-order valence-electron chi connectivity index (χ0n) is 13.8. The molecule has 3 N–H and O–H groups in total. The lowest BCUT2D eigenvalue weighted by Gasteiger charge is -2.24. The SMILES string of the molecule is C=C[C@H]([C@H](O)CC/C(C)=C/c1ccc(O)cc1)[C@H](O)c1cccs1. The third-order valence-electron chi connectivity index (χ3n) is 4.06. The summed E-state index contributed by atoms with van der Waals surface area (Å²) in [6.45, 7) is 5.77.